The lowest BCUT2D eigenvalue weighted by atomic mass is 10.1. The van der Waals surface area contributed by atoms with E-state index in [9.17, 15) is 9.59 Å². The number of hydrogen-bond donors (Lipinski definition) is 1. The summed E-state index contributed by atoms with van der Waals surface area (Å²) in [6.07, 6.45) is 3.11. The van der Waals surface area contributed by atoms with Gasteiger partial charge in [0.25, 0.3) is 0 Å². The van der Waals surface area contributed by atoms with Crippen LogP contribution in [0.4, 0.5) is 0 Å². The van der Waals surface area contributed by atoms with E-state index in [2.05, 4.69) is 5.32 Å². The van der Waals surface area contributed by atoms with E-state index in [-0.39, 0.29) is 25.2 Å². The van der Waals surface area contributed by atoms with Crippen molar-refractivity contribution in [3.8, 4) is 0 Å². The third-order valence-electron chi connectivity index (χ3n) is 3.47. The van der Waals surface area contributed by atoms with Crippen LogP contribution in [0, 0.1) is 5.92 Å². The van der Waals surface area contributed by atoms with Gasteiger partial charge < -0.3 is 14.8 Å². The SMILES string of the molecule is CN[C@@H](CC1CC1)C(=O)OCC(=O)OCc1ccccc1. The number of nitrogens with one attached hydrogen (secondary N) is 1. The van der Waals surface area contributed by atoms with Gasteiger partial charge >= 0.3 is 11.9 Å². The zero-order valence-corrected chi connectivity index (χ0v) is 12.2. The number of rotatable bonds is 8. The summed E-state index contributed by atoms with van der Waals surface area (Å²) in [5, 5.41) is 2.93. The van der Waals surface area contributed by atoms with E-state index < -0.39 is 5.97 Å². The van der Waals surface area contributed by atoms with Crippen molar-refractivity contribution >= 4 is 11.9 Å². The first-order valence-electron chi connectivity index (χ1n) is 7.22. The molecule has 5 heteroatoms. The van der Waals surface area contributed by atoms with E-state index in [1.165, 1.54) is 12.8 Å². The Balaban J connectivity index is 1.66. The lowest BCUT2D eigenvalue weighted by Gasteiger charge is -2.14. The second-order valence-corrected chi connectivity index (χ2v) is 5.27. The molecule has 0 heterocycles. The van der Waals surface area contributed by atoms with Crippen LogP contribution in [0.25, 0.3) is 0 Å². The molecule has 0 unspecified atom stereocenters. The van der Waals surface area contributed by atoms with Crippen molar-refractivity contribution in [2.45, 2.75) is 31.9 Å². The van der Waals surface area contributed by atoms with E-state index in [0.717, 1.165) is 12.0 Å². The Labute approximate surface area is 124 Å². The molecular formula is C16H21NO4. The Bertz CT molecular complexity index is 470. The number of esters is 2. The summed E-state index contributed by atoms with van der Waals surface area (Å²) in [6, 6.07) is 9.04. The van der Waals surface area contributed by atoms with Gasteiger partial charge in [-0.15, -0.1) is 0 Å². The van der Waals surface area contributed by atoms with E-state index in [0.29, 0.717) is 5.92 Å². The van der Waals surface area contributed by atoms with E-state index >= 15 is 0 Å². The molecule has 2 rings (SSSR count). The molecule has 0 spiro atoms. The number of ether oxygens (including phenoxy) is 2. The maximum Gasteiger partial charge on any atom is 0.344 e. The normalized spacial score (nSPS) is 15.3. The minimum Gasteiger partial charge on any atom is -0.458 e. The maximum absolute atomic E-state index is 11.8. The van der Waals surface area contributed by atoms with Gasteiger partial charge in [0.2, 0.25) is 0 Å². The molecule has 1 saturated carbocycles. The van der Waals surface area contributed by atoms with Gasteiger partial charge in [-0.3, -0.25) is 4.79 Å². The highest BCUT2D eigenvalue weighted by Gasteiger charge is 2.29. The van der Waals surface area contributed by atoms with Crippen molar-refractivity contribution in [1.29, 1.82) is 0 Å². The lowest BCUT2D eigenvalue weighted by molar-refractivity contribution is -0.160. The average Bonchev–Trinajstić information content (AvgIpc) is 3.33. The minimum absolute atomic E-state index is 0.189. The predicted molar refractivity (Wildman–Crippen MR) is 77.4 cm³/mol. The summed E-state index contributed by atoms with van der Waals surface area (Å²) in [5.74, 6) is -0.311. The third-order valence-corrected chi connectivity index (χ3v) is 3.47. The summed E-state index contributed by atoms with van der Waals surface area (Å²) < 4.78 is 10.0. The standard InChI is InChI=1S/C16H21NO4/c1-17-14(9-12-7-8-12)16(19)21-11-15(18)20-10-13-5-3-2-4-6-13/h2-6,12,14,17H,7-11H2,1H3/t14-/m0/s1. The maximum atomic E-state index is 11.8. The number of benzene rings is 1. The second-order valence-electron chi connectivity index (χ2n) is 5.27. The molecule has 1 aromatic carbocycles. The van der Waals surface area contributed by atoms with Gasteiger partial charge in [-0.2, -0.15) is 0 Å². The van der Waals surface area contributed by atoms with Crippen molar-refractivity contribution in [2.75, 3.05) is 13.7 Å². The summed E-state index contributed by atoms with van der Waals surface area (Å²) in [6.45, 7) is -0.150. The summed E-state index contributed by atoms with van der Waals surface area (Å²) >= 11 is 0. The monoisotopic (exact) mass is 291 g/mol. The Morgan fingerprint density at radius 2 is 1.95 bits per heavy atom. The van der Waals surface area contributed by atoms with Crippen molar-refractivity contribution in [1.82, 2.24) is 5.32 Å². The molecule has 1 N–H and O–H groups in total. The van der Waals surface area contributed by atoms with Gasteiger partial charge in [-0.25, -0.2) is 4.79 Å². The van der Waals surface area contributed by atoms with Crippen molar-refractivity contribution in [3.05, 3.63) is 35.9 Å². The van der Waals surface area contributed by atoms with Crippen LogP contribution in [-0.2, 0) is 25.7 Å². The molecule has 0 amide bonds. The van der Waals surface area contributed by atoms with Crippen LogP contribution < -0.4 is 5.32 Å². The zero-order chi connectivity index (χ0) is 15.1. The van der Waals surface area contributed by atoms with Gasteiger partial charge in [0.15, 0.2) is 6.61 Å². The molecule has 1 aliphatic rings. The van der Waals surface area contributed by atoms with E-state index in [1.807, 2.05) is 30.3 Å². The Morgan fingerprint density at radius 1 is 1.24 bits per heavy atom. The van der Waals surface area contributed by atoms with Gasteiger partial charge in [0, 0.05) is 0 Å². The van der Waals surface area contributed by atoms with Gasteiger partial charge in [0.05, 0.1) is 0 Å². The third kappa shape index (κ3) is 5.55. The van der Waals surface area contributed by atoms with E-state index in [1.54, 1.807) is 7.05 Å². The number of carbonyl (C=O) groups excluding carboxylic acids is 2. The van der Waals surface area contributed by atoms with Crippen molar-refractivity contribution in [3.63, 3.8) is 0 Å². The van der Waals surface area contributed by atoms with Gasteiger partial charge in [-0.1, -0.05) is 43.2 Å². The van der Waals surface area contributed by atoms with Crippen LogP contribution in [-0.4, -0.2) is 31.6 Å². The van der Waals surface area contributed by atoms with Crippen LogP contribution in [0.2, 0.25) is 0 Å². The molecule has 5 nitrogen and oxygen atoms in total. The predicted octanol–water partition coefficient (Wildman–Crippen LogP) is 1.66. The molecule has 0 radical (unpaired) electrons. The van der Waals surface area contributed by atoms with Crippen molar-refractivity contribution < 1.29 is 19.1 Å². The van der Waals surface area contributed by atoms with Crippen LogP contribution in [0.3, 0.4) is 0 Å². The smallest absolute Gasteiger partial charge is 0.344 e. The molecule has 1 atom stereocenters. The fourth-order valence-corrected chi connectivity index (χ4v) is 2.03. The number of carbonyl (C=O) groups is 2. The molecule has 0 aromatic heterocycles. The number of likely N-dealkylation sites (N-methyl/N-ethyl adjacent to an activating group) is 1. The molecule has 1 aromatic rings. The molecule has 0 aliphatic heterocycles. The second kappa shape index (κ2) is 7.78. The molecule has 1 aliphatic carbocycles. The van der Waals surface area contributed by atoms with Crippen LogP contribution >= 0.6 is 0 Å². The van der Waals surface area contributed by atoms with Gasteiger partial charge in [0.1, 0.15) is 12.6 Å². The molecule has 114 valence electrons. The molecule has 0 saturated heterocycles. The fraction of sp³-hybridized carbons (Fsp3) is 0.500. The van der Waals surface area contributed by atoms with Gasteiger partial charge in [-0.05, 0) is 24.9 Å². The Hall–Kier alpha value is -1.88. The quantitative estimate of drug-likeness (QED) is 0.738. The molecule has 21 heavy (non-hydrogen) atoms. The Kier molecular flexibility index (Phi) is 5.75. The summed E-state index contributed by atoms with van der Waals surface area (Å²) in [7, 11) is 1.72. The number of hydrogen-bond acceptors (Lipinski definition) is 5. The lowest BCUT2D eigenvalue weighted by Crippen LogP contribution is -2.37. The highest BCUT2D eigenvalue weighted by molar-refractivity contribution is 5.79. The first-order chi connectivity index (χ1) is 10.2. The molecule has 1 fully saturated rings. The highest BCUT2D eigenvalue weighted by Crippen LogP contribution is 2.33. The summed E-state index contributed by atoms with van der Waals surface area (Å²) in [4.78, 5) is 23.4. The van der Waals surface area contributed by atoms with Crippen LogP contribution in [0.15, 0.2) is 30.3 Å². The Morgan fingerprint density at radius 3 is 2.57 bits per heavy atom. The summed E-state index contributed by atoms with van der Waals surface area (Å²) in [5.41, 5.74) is 0.902. The average molecular weight is 291 g/mol. The minimum atomic E-state index is -0.534. The first kappa shape index (κ1) is 15.5. The van der Waals surface area contributed by atoms with Crippen LogP contribution in [0.5, 0.6) is 0 Å². The first-order valence-corrected chi connectivity index (χ1v) is 7.22. The zero-order valence-electron chi connectivity index (χ0n) is 12.2. The fourth-order valence-electron chi connectivity index (χ4n) is 2.03. The van der Waals surface area contributed by atoms with Crippen LogP contribution in [0.1, 0.15) is 24.8 Å². The molecular weight excluding hydrogens is 270 g/mol. The topological polar surface area (TPSA) is 64.6 Å². The highest BCUT2D eigenvalue weighted by atomic mass is 16.6. The van der Waals surface area contributed by atoms with Crippen molar-refractivity contribution in [2.24, 2.45) is 5.92 Å². The molecule has 0 bridgehead atoms. The van der Waals surface area contributed by atoms with E-state index in [4.69, 9.17) is 9.47 Å². The largest absolute Gasteiger partial charge is 0.458 e.